The van der Waals surface area contributed by atoms with Gasteiger partial charge in [-0.2, -0.15) is 0 Å². The Bertz CT molecular complexity index is 1190. The van der Waals surface area contributed by atoms with Crippen LogP contribution in [0.4, 0.5) is 5.69 Å². The Morgan fingerprint density at radius 1 is 1.00 bits per heavy atom. The molecule has 2 aromatic carbocycles. The van der Waals surface area contributed by atoms with Gasteiger partial charge >= 0.3 is 5.97 Å². The number of amides is 2. The molecule has 1 aliphatic carbocycles. The summed E-state index contributed by atoms with van der Waals surface area (Å²) in [5, 5.41) is 2.77. The standard InChI is InChI=1S/C29H34N4O5/c34-26-20-32-19-21-18-24(13-14-25(21)30-29(32)31-26)37-17-7-12-27(35)33(22-8-3-1-4-9-22)16-15-28(36)38-23-10-5-2-6-11-23/h2,5-6,10-11,13-14,18,22H,1,3-4,7-9,12,15-17,19-20H2,(H,30,31,34). The third kappa shape index (κ3) is 6.51. The van der Waals surface area contributed by atoms with Gasteiger partial charge in [0.1, 0.15) is 18.0 Å². The molecular weight excluding hydrogens is 484 g/mol. The fraction of sp³-hybridized carbons (Fsp3) is 0.448. The van der Waals surface area contributed by atoms with Gasteiger partial charge in [0, 0.05) is 31.1 Å². The van der Waals surface area contributed by atoms with Crippen molar-refractivity contribution in [1.82, 2.24) is 15.1 Å². The van der Waals surface area contributed by atoms with Crippen molar-refractivity contribution >= 4 is 29.4 Å². The molecule has 0 atom stereocenters. The molecule has 38 heavy (non-hydrogen) atoms. The van der Waals surface area contributed by atoms with Gasteiger partial charge in [-0.1, -0.05) is 37.5 Å². The molecule has 2 heterocycles. The second-order valence-electron chi connectivity index (χ2n) is 10.00. The van der Waals surface area contributed by atoms with Gasteiger partial charge < -0.3 is 19.3 Å². The number of fused-ring (bicyclic) bond motifs is 2. The van der Waals surface area contributed by atoms with Gasteiger partial charge in [0.15, 0.2) is 0 Å². The molecule has 0 unspecified atom stereocenters. The molecule has 9 nitrogen and oxygen atoms in total. The zero-order chi connectivity index (χ0) is 26.3. The number of para-hydroxylation sites is 1. The van der Waals surface area contributed by atoms with E-state index in [2.05, 4.69) is 10.3 Å². The number of carbonyl (C=O) groups excluding carboxylic acids is 3. The first-order valence-electron chi connectivity index (χ1n) is 13.5. The molecule has 2 amide bonds. The van der Waals surface area contributed by atoms with E-state index in [-0.39, 0.29) is 30.2 Å². The summed E-state index contributed by atoms with van der Waals surface area (Å²) in [5.74, 6) is 1.53. The first-order valence-corrected chi connectivity index (χ1v) is 13.5. The van der Waals surface area contributed by atoms with Crippen LogP contribution in [0.15, 0.2) is 53.5 Å². The van der Waals surface area contributed by atoms with Gasteiger partial charge in [-0.15, -0.1) is 0 Å². The maximum atomic E-state index is 13.2. The summed E-state index contributed by atoms with van der Waals surface area (Å²) in [4.78, 5) is 45.6. The predicted octanol–water partition coefficient (Wildman–Crippen LogP) is 3.94. The molecule has 5 rings (SSSR count). The van der Waals surface area contributed by atoms with E-state index < -0.39 is 0 Å². The predicted molar refractivity (Wildman–Crippen MR) is 142 cm³/mol. The van der Waals surface area contributed by atoms with E-state index in [1.807, 2.05) is 46.2 Å². The van der Waals surface area contributed by atoms with Gasteiger partial charge in [-0.25, -0.2) is 4.99 Å². The number of nitrogens with one attached hydrogen (secondary N) is 1. The summed E-state index contributed by atoms with van der Waals surface area (Å²) in [6, 6.07) is 14.9. The Balaban J connectivity index is 1.11. The monoisotopic (exact) mass is 518 g/mol. The summed E-state index contributed by atoms with van der Waals surface area (Å²) < 4.78 is 11.4. The van der Waals surface area contributed by atoms with Crippen molar-refractivity contribution in [3.8, 4) is 11.5 Å². The van der Waals surface area contributed by atoms with Crippen LogP contribution in [-0.2, 0) is 20.9 Å². The van der Waals surface area contributed by atoms with Crippen LogP contribution in [0.1, 0.15) is 56.9 Å². The normalized spacial score (nSPS) is 16.7. The average molecular weight is 519 g/mol. The van der Waals surface area contributed by atoms with Crippen molar-refractivity contribution in [3.63, 3.8) is 0 Å². The number of rotatable bonds is 10. The van der Waals surface area contributed by atoms with Crippen molar-refractivity contribution in [2.45, 2.75) is 64.0 Å². The Morgan fingerprint density at radius 3 is 2.63 bits per heavy atom. The van der Waals surface area contributed by atoms with Crippen LogP contribution in [0.5, 0.6) is 11.5 Å². The van der Waals surface area contributed by atoms with Crippen LogP contribution in [-0.4, -0.2) is 59.3 Å². The largest absolute Gasteiger partial charge is 0.494 e. The average Bonchev–Trinajstić information content (AvgIpc) is 3.29. The number of benzene rings is 2. The fourth-order valence-corrected chi connectivity index (χ4v) is 5.27. The molecule has 2 aromatic rings. The summed E-state index contributed by atoms with van der Waals surface area (Å²) in [5.41, 5.74) is 1.83. The molecule has 3 aliphatic rings. The lowest BCUT2D eigenvalue weighted by atomic mass is 9.93. The molecule has 200 valence electrons. The molecule has 0 bridgehead atoms. The topological polar surface area (TPSA) is 101 Å². The Kier molecular flexibility index (Phi) is 8.21. The van der Waals surface area contributed by atoms with E-state index in [1.54, 1.807) is 12.1 Å². The first kappa shape index (κ1) is 25.8. The highest BCUT2D eigenvalue weighted by Crippen LogP contribution is 2.30. The number of nitrogens with zero attached hydrogens (tertiary/aromatic N) is 3. The highest BCUT2D eigenvalue weighted by molar-refractivity contribution is 6.05. The van der Waals surface area contributed by atoms with Crippen LogP contribution in [0.3, 0.4) is 0 Å². The number of esters is 1. The van der Waals surface area contributed by atoms with Gasteiger partial charge in [-0.05, 0) is 49.6 Å². The second kappa shape index (κ2) is 12.1. The van der Waals surface area contributed by atoms with E-state index in [0.717, 1.165) is 42.7 Å². The number of carbonyl (C=O) groups is 3. The van der Waals surface area contributed by atoms with Crippen molar-refractivity contribution in [1.29, 1.82) is 0 Å². The quantitative estimate of drug-likeness (QED) is 0.291. The number of hydrogen-bond donors (Lipinski definition) is 1. The van der Waals surface area contributed by atoms with Gasteiger partial charge in [0.05, 0.1) is 18.7 Å². The summed E-state index contributed by atoms with van der Waals surface area (Å²) in [7, 11) is 0. The third-order valence-electron chi connectivity index (χ3n) is 7.19. The van der Waals surface area contributed by atoms with Crippen molar-refractivity contribution < 1.29 is 23.9 Å². The molecule has 0 aromatic heterocycles. The minimum atomic E-state index is -0.328. The number of guanidine groups is 1. The summed E-state index contributed by atoms with van der Waals surface area (Å²) >= 11 is 0. The van der Waals surface area contributed by atoms with Crippen LogP contribution < -0.4 is 14.8 Å². The summed E-state index contributed by atoms with van der Waals surface area (Å²) in [6.45, 7) is 1.70. The first-order chi connectivity index (χ1) is 18.5. The number of ether oxygens (including phenoxy) is 2. The number of aliphatic imine (C=N–C) groups is 1. The lowest BCUT2D eigenvalue weighted by Crippen LogP contribution is -2.43. The molecule has 0 spiro atoms. The van der Waals surface area contributed by atoms with E-state index in [1.165, 1.54) is 6.42 Å². The van der Waals surface area contributed by atoms with Crippen molar-refractivity contribution in [3.05, 3.63) is 54.1 Å². The molecule has 1 saturated carbocycles. The maximum Gasteiger partial charge on any atom is 0.312 e. The van der Waals surface area contributed by atoms with E-state index in [9.17, 15) is 14.4 Å². The second-order valence-corrected chi connectivity index (χ2v) is 10.00. The van der Waals surface area contributed by atoms with Crippen molar-refractivity contribution in [2.75, 3.05) is 19.7 Å². The molecule has 9 heteroatoms. The van der Waals surface area contributed by atoms with Crippen LogP contribution >= 0.6 is 0 Å². The molecule has 2 fully saturated rings. The molecule has 0 radical (unpaired) electrons. The summed E-state index contributed by atoms with van der Waals surface area (Å²) in [6.07, 6.45) is 6.49. The lowest BCUT2D eigenvalue weighted by Gasteiger charge is -2.34. The van der Waals surface area contributed by atoms with Crippen molar-refractivity contribution in [2.24, 2.45) is 4.99 Å². The maximum absolute atomic E-state index is 13.2. The van der Waals surface area contributed by atoms with Gasteiger partial charge in [-0.3, -0.25) is 19.7 Å². The molecule has 1 saturated heterocycles. The van der Waals surface area contributed by atoms with E-state index >= 15 is 0 Å². The van der Waals surface area contributed by atoms with E-state index in [0.29, 0.717) is 50.8 Å². The number of hydrogen-bond acceptors (Lipinski definition) is 7. The minimum absolute atomic E-state index is 0.0481. The van der Waals surface area contributed by atoms with Crippen LogP contribution in [0.2, 0.25) is 0 Å². The Morgan fingerprint density at radius 2 is 1.82 bits per heavy atom. The Hall–Kier alpha value is -3.88. The van der Waals surface area contributed by atoms with E-state index in [4.69, 9.17) is 9.47 Å². The van der Waals surface area contributed by atoms with Crippen LogP contribution in [0.25, 0.3) is 0 Å². The molecular formula is C29H34N4O5. The Labute approximate surface area is 222 Å². The third-order valence-corrected chi connectivity index (χ3v) is 7.19. The zero-order valence-corrected chi connectivity index (χ0v) is 21.6. The fourth-order valence-electron chi connectivity index (χ4n) is 5.27. The minimum Gasteiger partial charge on any atom is -0.494 e. The zero-order valence-electron chi connectivity index (χ0n) is 21.6. The highest BCUT2D eigenvalue weighted by Gasteiger charge is 2.29. The SMILES string of the molecule is O=C1CN2Cc3cc(OCCCC(=O)N(CCC(=O)Oc4ccccc4)C4CCCCC4)ccc3N=C2N1. The molecule has 2 aliphatic heterocycles. The van der Waals surface area contributed by atoms with Crippen LogP contribution in [0, 0.1) is 0 Å². The lowest BCUT2D eigenvalue weighted by molar-refractivity contribution is -0.138. The van der Waals surface area contributed by atoms with Gasteiger partial charge in [0.2, 0.25) is 17.8 Å². The molecule has 1 N–H and O–H groups in total. The van der Waals surface area contributed by atoms with Gasteiger partial charge in [0.25, 0.3) is 0 Å². The smallest absolute Gasteiger partial charge is 0.312 e. The highest BCUT2D eigenvalue weighted by atomic mass is 16.5.